The third-order valence-corrected chi connectivity index (χ3v) is 8.79. The van der Waals surface area contributed by atoms with Crippen molar-refractivity contribution in [2.24, 2.45) is 5.92 Å². The van der Waals surface area contributed by atoms with E-state index in [0.717, 1.165) is 11.3 Å². The first-order valence-corrected chi connectivity index (χ1v) is 15.2. The first kappa shape index (κ1) is 31.1. The molecule has 2 N–H and O–H groups in total. The Morgan fingerprint density at radius 3 is 2.26 bits per heavy atom. The number of anilines is 1. The minimum atomic E-state index is -3.93. The molecule has 11 heteroatoms. The van der Waals surface area contributed by atoms with Crippen LogP contribution in [0.3, 0.4) is 0 Å². The number of hydrogen-bond acceptors (Lipinski definition) is 8. The van der Waals surface area contributed by atoms with Crippen LogP contribution in [0.15, 0.2) is 71.6 Å². The summed E-state index contributed by atoms with van der Waals surface area (Å²) in [6.45, 7) is 5.23. The van der Waals surface area contributed by atoms with E-state index in [0.29, 0.717) is 31.1 Å². The Labute approximate surface area is 247 Å². The normalized spacial score (nSPS) is 18.0. The molecule has 3 aromatic carbocycles. The molecule has 0 unspecified atom stereocenters. The van der Waals surface area contributed by atoms with Crippen molar-refractivity contribution in [2.75, 3.05) is 45.7 Å². The molecule has 0 saturated carbocycles. The van der Waals surface area contributed by atoms with Gasteiger partial charge in [-0.05, 0) is 74.1 Å². The lowest BCUT2D eigenvalue weighted by atomic mass is 9.99. The van der Waals surface area contributed by atoms with Gasteiger partial charge in [-0.1, -0.05) is 19.1 Å². The molecule has 0 fully saturated rings. The monoisotopic (exact) mass is 597 g/mol. The fourth-order valence-electron chi connectivity index (χ4n) is 4.89. The van der Waals surface area contributed by atoms with Crippen molar-refractivity contribution >= 4 is 21.6 Å². The van der Waals surface area contributed by atoms with E-state index < -0.39 is 16.1 Å². The average Bonchev–Trinajstić information content (AvgIpc) is 2.99. The van der Waals surface area contributed by atoms with Gasteiger partial charge in [-0.15, -0.1) is 0 Å². The lowest BCUT2D eigenvalue weighted by Gasteiger charge is -2.38. The highest BCUT2D eigenvalue weighted by atomic mass is 32.2. The summed E-state index contributed by atoms with van der Waals surface area (Å²) in [5.74, 6) is 1.30. The summed E-state index contributed by atoms with van der Waals surface area (Å²) < 4.78 is 45.5. The fraction of sp³-hybridized carbons (Fsp3) is 0.387. The van der Waals surface area contributed by atoms with Crippen LogP contribution in [-0.4, -0.2) is 82.3 Å². The first-order chi connectivity index (χ1) is 20.0. The van der Waals surface area contributed by atoms with Gasteiger partial charge in [0.15, 0.2) is 0 Å². The lowest BCUT2D eigenvalue weighted by molar-refractivity contribution is 0.0341. The van der Waals surface area contributed by atoms with Crippen LogP contribution in [0.25, 0.3) is 0 Å². The molecule has 0 radical (unpaired) electrons. The van der Waals surface area contributed by atoms with Crippen LogP contribution in [0, 0.1) is 5.92 Å². The summed E-state index contributed by atoms with van der Waals surface area (Å²) in [5, 5.41) is 9.94. The van der Waals surface area contributed by atoms with Crippen molar-refractivity contribution in [3.8, 4) is 17.2 Å². The van der Waals surface area contributed by atoms with E-state index in [-0.39, 0.29) is 40.7 Å². The third kappa shape index (κ3) is 7.33. The molecule has 42 heavy (non-hydrogen) atoms. The number of fused-ring (bicyclic) bond motifs is 1. The standard InChI is InChI=1S/C31H39N3O7S/c1-21-17-34(22(2)20-35)31(36)28-16-24(32-42(37,38)27-13-11-26(40-5)12-14-27)8-15-29(28)41-30(21)19-33(3)18-23-6-9-25(39-4)10-7-23/h6-16,21-22,30,32,35H,17-20H2,1-5H3/t21-,22+,30+/m0/s1. The summed E-state index contributed by atoms with van der Waals surface area (Å²) in [7, 11) is 1.22. The number of sulfonamides is 1. The summed E-state index contributed by atoms with van der Waals surface area (Å²) >= 11 is 0. The molecule has 0 aromatic heterocycles. The number of carbonyl (C=O) groups is 1. The summed E-state index contributed by atoms with van der Waals surface area (Å²) in [4.78, 5) is 17.6. The number of aliphatic hydroxyl groups excluding tert-OH is 1. The van der Waals surface area contributed by atoms with E-state index in [1.165, 1.54) is 25.3 Å². The second-order valence-electron chi connectivity index (χ2n) is 10.7. The van der Waals surface area contributed by atoms with Gasteiger partial charge < -0.3 is 24.2 Å². The van der Waals surface area contributed by atoms with E-state index in [1.54, 1.807) is 43.2 Å². The molecule has 1 aliphatic heterocycles. The zero-order valence-corrected chi connectivity index (χ0v) is 25.4. The van der Waals surface area contributed by atoms with Crippen molar-refractivity contribution in [3.63, 3.8) is 0 Å². The van der Waals surface area contributed by atoms with E-state index >= 15 is 0 Å². The predicted octanol–water partition coefficient (Wildman–Crippen LogP) is 3.86. The molecule has 3 aromatic rings. The highest BCUT2D eigenvalue weighted by Crippen LogP contribution is 2.32. The van der Waals surface area contributed by atoms with Gasteiger partial charge in [0.1, 0.15) is 23.4 Å². The quantitative estimate of drug-likeness (QED) is 0.342. The fourth-order valence-corrected chi connectivity index (χ4v) is 5.94. The van der Waals surface area contributed by atoms with Gasteiger partial charge in [-0.3, -0.25) is 14.4 Å². The average molecular weight is 598 g/mol. The van der Waals surface area contributed by atoms with E-state index in [9.17, 15) is 18.3 Å². The first-order valence-electron chi connectivity index (χ1n) is 13.8. The number of methoxy groups -OCH3 is 2. The van der Waals surface area contributed by atoms with Gasteiger partial charge >= 0.3 is 0 Å². The van der Waals surface area contributed by atoms with E-state index in [1.807, 2.05) is 38.2 Å². The summed E-state index contributed by atoms with van der Waals surface area (Å²) in [6.07, 6.45) is -0.282. The number of benzene rings is 3. The topological polar surface area (TPSA) is 118 Å². The molecule has 3 atom stereocenters. The Balaban J connectivity index is 1.60. The van der Waals surface area contributed by atoms with Crippen LogP contribution in [0.2, 0.25) is 0 Å². The molecule has 1 amide bonds. The van der Waals surface area contributed by atoms with Gasteiger partial charge in [0, 0.05) is 31.2 Å². The predicted molar refractivity (Wildman–Crippen MR) is 161 cm³/mol. The van der Waals surface area contributed by atoms with Crippen LogP contribution < -0.4 is 18.9 Å². The molecule has 0 spiro atoms. The number of carbonyl (C=O) groups excluding carboxylic acids is 1. The van der Waals surface area contributed by atoms with Crippen molar-refractivity contribution in [1.82, 2.24) is 9.80 Å². The second-order valence-corrected chi connectivity index (χ2v) is 12.3. The summed E-state index contributed by atoms with van der Waals surface area (Å²) in [5.41, 5.74) is 1.57. The van der Waals surface area contributed by atoms with Crippen LogP contribution in [0.4, 0.5) is 5.69 Å². The molecular weight excluding hydrogens is 558 g/mol. The molecule has 0 aliphatic carbocycles. The van der Waals surface area contributed by atoms with Gasteiger partial charge in [0.2, 0.25) is 0 Å². The van der Waals surface area contributed by atoms with Gasteiger partial charge in [0.25, 0.3) is 15.9 Å². The molecular formula is C31H39N3O7S. The van der Waals surface area contributed by atoms with E-state index in [2.05, 4.69) is 9.62 Å². The maximum absolute atomic E-state index is 13.7. The van der Waals surface area contributed by atoms with Crippen molar-refractivity contribution in [1.29, 1.82) is 0 Å². The maximum Gasteiger partial charge on any atom is 0.261 e. The second kappa shape index (κ2) is 13.5. The van der Waals surface area contributed by atoms with E-state index in [4.69, 9.17) is 14.2 Å². The Morgan fingerprint density at radius 2 is 1.67 bits per heavy atom. The Bertz CT molecular complexity index is 1460. The summed E-state index contributed by atoms with van der Waals surface area (Å²) in [6, 6.07) is 18.2. The number of nitrogens with zero attached hydrogens (tertiary/aromatic N) is 2. The highest BCUT2D eigenvalue weighted by Gasteiger charge is 2.33. The molecule has 1 heterocycles. The zero-order chi connectivity index (χ0) is 30.4. The number of likely N-dealkylation sites (N-methyl/N-ethyl adjacent to an activating group) is 1. The van der Waals surface area contributed by atoms with Crippen LogP contribution in [0.1, 0.15) is 29.8 Å². The Kier molecular flexibility index (Phi) is 9.97. The minimum absolute atomic E-state index is 0.0531. The number of nitrogens with one attached hydrogen (secondary N) is 1. The SMILES string of the molecule is COc1ccc(CN(C)C[C@H]2Oc3ccc(NS(=O)(=O)c4ccc(OC)cc4)cc3C(=O)N([C@H](C)CO)C[C@@H]2C)cc1. The van der Waals surface area contributed by atoms with Gasteiger partial charge in [-0.25, -0.2) is 8.42 Å². The molecule has 10 nitrogen and oxygen atoms in total. The Hall–Kier alpha value is -3.80. The minimum Gasteiger partial charge on any atom is -0.497 e. The number of amides is 1. The molecule has 1 aliphatic rings. The van der Waals surface area contributed by atoms with Crippen molar-refractivity contribution in [2.45, 2.75) is 37.4 Å². The van der Waals surface area contributed by atoms with Crippen molar-refractivity contribution in [3.05, 3.63) is 77.9 Å². The largest absolute Gasteiger partial charge is 0.497 e. The smallest absolute Gasteiger partial charge is 0.261 e. The van der Waals surface area contributed by atoms with Gasteiger partial charge in [0.05, 0.1) is 37.3 Å². The maximum atomic E-state index is 13.7. The van der Waals surface area contributed by atoms with Crippen LogP contribution in [-0.2, 0) is 16.6 Å². The van der Waals surface area contributed by atoms with Crippen LogP contribution >= 0.6 is 0 Å². The third-order valence-electron chi connectivity index (χ3n) is 7.39. The van der Waals surface area contributed by atoms with Crippen molar-refractivity contribution < 1.29 is 32.5 Å². The zero-order valence-electron chi connectivity index (χ0n) is 24.6. The lowest BCUT2D eigenvalue weighted by Crippen LogP contribution is -2.49. The van der Waals surface area contributed by atoms with Crippen LogP contribution in [0.5, 0.6) is 17.2 Å². The molecule has 226 valence electrons. The Morgan fingerprint density at radius 1 is 1.05 bits per heavy atom. The molecule has 4 rings (SSSR count). The number of aliphatic hydroxyl groups is 1. The number of hydrogen-bond donors (Lipinski definition) is 2. The highest BCUT2D eigenvalue weighted by molar-refractivity contribution is 7.92. The van der Waals surface area contributed by atoms with Gasteiger partial charge in [-0.2, -0.15) is 0 Å². The number of rotatable bonds is 11. The molecule has 0 saturated heterocycles. The number of ether oxygens (including phenoxy) is 3. The molecule has 0 bridgehead atoms.